The summed E-state index contributed by atoms with van der Waals surface area (Å²) in [5.41, 5.74) is 7.64. The molecule has 18 heavy (non-hydrogen) atoms. The van der Waals surface area contributed by atoms with Gasteiger partial charge in [-0.2, -0.15) is 0 Å². The van der Waals surface area contributed by atoms with Gasteiger partial charge in [-0.05, 0) is 11.1 Å². The quantitative estimate of drug-likeness (QED) is 0.856. The van der Waals surface area contributed by atoms with Gasteiger partial charge in [0, 0.05) is 18.1 Å². The molecule has 4 nitrogen and oxygen atoms in total. The monoisotopic (exact) mass is 261 g/mol. The topological polar surface area (TPSA) is 68.0 Å². The maximum Gasteiger partial charge on any atom is 0.224 e. The molecule has 1 heterocycles. The smallest absolute Gasteiger partial charge is 0.224 e. The van der Waals surface area contributed by atoms with Gasteiger partial charge in [0.1, 0.15) is 5.01 Å². The molecular formula is C13H15N3OS. The molecule has 5 heteroatoms. The van der Waals surface area contributed by atoms with E-state index in [0.29, 0.717) is 19.5 Å². The second-order valence-electron chi connectivity index (χ2n) is 3.85. The van der Waals surface area contributed by atoms with Crippen molar-refractivity contribution in [1.82, 2.24) is 10.3 Å². The molecule has 0 saturated carbocycles. The lowest BCUT2D eigenvalue weighted by molar-refractivity contribution is -0.120. The molecule has 0 bridgehead atoms. The summed E-state index contributed by atoms with van der Waals surface area (Å²) in [5, 5.41) is 5.66. The highest BCUT2D eigenvalue weighted by Crippen LogP contribution is 2.09. The first kappa shape index (κ1) is 12.7. The summed E-state index contributed by atoms with van der Waals surface area (Å²) in [5.74, 6) is -0.00824. The number of nitrogens with two attached hydrogens (primary N) is 1. The third-order valence-corrected chi connectivity index (χ3v) is 3.39. The van der Waals surface area contributed by atoms with Gasteiger partial charge in [-0.3, -0.25) is 4.79 Å². The lowest BCUT2D eigenvalue weighted by Crippen LogP contribution is -2.25. The summed E-state index contributed by atoms with van der Waals surface area (Å²) in [7, 11) is 0. The molecule has 94 valence electrons. The molecule has 0 aliphatic heterocycles. The fourth-order valence-corrected chi connectivity index (χ4v) is 2.24. The van der Waals surface area contributed by atoms with E-state index in [4.69, 9.17) is 5.73 Å². The molecular weight excluding hydrogens is 246 g/mol. The molecule has 1 amide bonds. The summed E-state index contributed by atoms with van der Waals surface area (Å²) in [6, 6.07) is 7.73. The number of nitrogens with zero attached hydrogens (tertiary/aromatic N) is 1. The zero-order chi connectivity index (χ0) is 12.8. The number of benzene rings is 1. The van der Waals surface area contributed by atoms with E-state index in [-0.39, 0.29) is 5.91 Å². The van der Waals surface area contributed by atoms with Crippen molar-refractivity contribution in [3.8, 4) is 0 Å². The van der Waals surface area contributed by atoms with Gasteiger partial charge in [0.05, 0.1) is 13.0 Å². The Bertz CT molecular complexity index is 511. The summed E-state index contributed by atoms with van der Waals surface area (Å²) in [6.45, 7) is 0.942. The molecule has 2 rings (SSSR count). The van der Waals surface area contributed by atoms with Gasteiger partial charge in [-0.15, -0.1) is 11.3 Å². The molecule has 1 aromatic carbocycles. The lowest BCUT2D eigenvalue weighted by Gasteiger charge is -2.07. The van der Waals surface area contributed by atoms with Crippen LogP contribution in [0.4, 0.5) is 0 Å². The van der Waals surface area contributed by atoms with Crippen LogP contribution in [0.3, 0.4) is 0 Å². The molecule has 1 aromatic heterocycles. The van der Waals surface area contributed by atoms with Crippen molar-refractivity contribution in [3.05, 3.63) is 52.0 Å². The van der Waals surface area contributed by atoms with Crippen LogP contribution in [0.5, 0.6) is 0 Å². The van der Waals surface area contributed by atoms with Gasteiger partial charge < -0.3 is 11.1 Å². The van der Waals surface area contributed by atoms with Crippen molar-refractivity contribution in [1.29, 1.82) is 0 Å². The Hall–Kier alpha value is -1.72. The Morgan fingerprint density at radius 3 is 2.78 bits per heavy atom. The number of thiazole rings is 1. The van der Waals surface area contributed by atoms with Crippen LogP contribution in [0.15, 0.2) is 35.8 Å². The Morgan fingerprint density at radius 1 is 1.33 bits per heavy atom. The van der Waals surface area contributed by atoms with E-state index in [1.807, 2.05) is 29.6 Å². The molecule has 0 aliphatic rings. The van der Waals surface area contributed by atoms with Crippen molar-refractivity contribution in [2.75, 3.05) is 0 Å². The van der Waals surface area contributed by atoms with E-state index in [1.54, 1.807) is 6.20 Å². The van der Waals surface area contributed by atoms with Crippen molar-refractivity contribution in [3.63, 3.8) is 0 Å². The first-order valence-corrected chi connectivity index (χ1v) is 6.59. The third kappa shape index (κ3) is 3.38. The Labute approximate surface area is 110 Å². The number of carbonyl (C=O) groups excluding carboxylic acids is 1. The molecule has 0 spiro atoms. The molecule has 0 radical (unpaired) electrons. The Kier molecular flexibility index (Phi) is 4.44. The Morgan fingerprint density at radius 2 is 2.11 bits per heavy atom. The van der Waals surface area contributed by atoms with Crippen LogP contribution in [0, 0.1) is 0 Å². The van der Waals surface area contributed by atoms with Crippen molar-refractivity contribution < 1.29 is 4.79 Å². The molecule has 0 aliphatic carbocycles. The summed E-state index contributed by atoms with van der Waals surface area (Å²) < 4.78 is 0. The van der Waals surface area contributed by atoms with Gasteiger partial charge >= 0.3 is 0 Å². The maximum absolute atomic E-state index is 11.8. The number of hydrogen-bond acceptors (Lipinski definition) is 4. The van der Waals surface area contributed by atoms with Crippen molar-refractivity contribution >= 4 is 17.2 Å². The highest BCUT2D eigenvalue weighted by Gasteiger charge is 2.07. The van der Waals surface area contributed by atoms with Crippen molar-refractivity contribution in [2.45, 2.75) is 19.5 Å². The first-order valence-electron chi connectivity index (χ1n) is 5.71. The minimum atomic E-state index is -0.00824. The number of hydrogen-bond donors (Lipinski definition) is 2. The van der Waals surface area contributed by atoms with E-state index in [0.717, 1.165) is 16.1 Å². The van der Waals surface area contributed by atoms with Gasteiger partial charge in [-0.25, -0.2) is 4.98 Å². The van der Waals surface area contributed by atoms with Gasteiger partial charge in [0.25, 0.3) is 0 Å². The summed E-state index contributed by atoms with van der Waals surface area (Å²) in [4.78, 5) is 15.9. The Balaban J connectivity index is 1.90. The second-order valence-corrected chi connectivity index (χ2v) is 4.83. The van der Waals surface area contributed by atoms with Gasteiger partial charge in [0.2, 0.25) is 5.91 Å². The molecule has 3 N–H and O–H groups in total. The van der Waals surface area contributed by atoms with Crippen LogP contribution in [-0.2, 0) is 24.3 Å². The summed E-state index contributed by atoms with van der Waals surface area (Å²) >= 11 is 1.53. The van der Waals surface area contributed by atoms with Crippen LogP contribution in [-0.4, -0.2) is 10.9 Å². The zero-order valence-corrected chi connectivity index (χ0v) is 10.7. The minimum absolute atomic E-state index is 0.00824. The van der Waals surface area contributed by atoms with E-state index >= 15 is 0 Å². The molecule has 0 unspecified atom stereocenters. The van der Waals surface area contributed by atoms with E-state index in [1.165, 1.54) is 11.3 Å². The number of amides is 1. The number of rotatable bonds is 5. The molecule has 0 atom stereocenters. The van der Waals surface area contributed by atoms with Crippen molar-refractivity contribution in [2.24, 2.45) is 5.73 Å². The largest absolute Gasteiger partial charge is 0.349 e. The maximum atomic E-state index is 11.8. The van der Waals surface area contributed by atoms with E-state index in [2.05, 4.69) is 10.3 Å². The van der Waals surface area contributed by atoms with Crippen LogP contribution < -0.4 is 11.1 Å². The molecule has 2 aromatic rings. The second kappa shape index (κ2) is 6.28. The van der Waals surface area contributed by atoms with E-state index < -0.39 is 0 Å². The van der Waals surface area contributed by atoms with Crippen LogP contribution in [0.2, 0.25) is 0 Å². The van der Waals surface area contributed by atoms with Crippen LogP contribution in [0.1, 0.15) is 16.1 Å². The van der Waals surface area contributed by atoms with Crippen LogP contribution in [0.25, 0.3) is 0 Å². The third-order valence-electron chi connectivity index (χ3n) is 2.61. The van der Waals surface area contributed by atoms with E-state index in [9.17, 15) is 4.79 Å². The normalized spacial score (nSPS) is 10.3. The predicted octanol–water partition coefficient (Wildman–Crippen LogP) is 1.46. The average Bonchev–Trinajstić information content (AvgIpc) is 2.90. The SMILES string of the molecule is NCc1ccccc1CC(=O)NCc1nccs1. The lowest BCUT2D eigenvalue weighted by atomic mass is 10.0. The van der Waals surface area contributed by atoms with Crippen LogP contribution >= 0.6 is 11.3 Å². The minimum Gasteiger partial charge on any atom is -0.349 e. The predicted molar refractivity (Wildman–Crippen MR) is 72.0 cm³/mol. The fourth-order valence-electron chi connectivity index (χ4n) is 1.68. The van der Waals surface area contributed by atoms with Gasteiger partial charge in [0.15, 0.2) is 0 Å². The number of nitrogens with one attached hydrogen (secondary N) is 1. The highest BCUT2D eigenvalue weighted by molar-refractivity contribution is 7.09. The molecule has 0 saturated heterocycles. The zero-order valence-electron chi connectivity index (χ0n) is 9.93. The number of carbonyl (C=O) groups is 1. The first-order chi connectivity index (χ1) is 8.79. The summed E-state index contributed by atoms with van der Waals surface area (Å²) in [6.07, 6.45) is 2.09. The fraction of sp³-hybridized carbons (Fsp3) is 0.231. The standard InChI is InChI=1S/C13H15N3OS/c14-8-11-4-2-1-3-10(11)7-12(17)16-9-13-15-5-6-18-13/h1-6H,7-9,14H2,(H,16,17). The highest BCUT2D eigenvalue weighted by atomic mass is 32.1. The molecule has 0 fully saturated rings. The number of aromatic nitrogens is 1. The van der Waals surface area contributed by atoms with Gasteiger partial charge in [-0.1, -0.05) is 24.3 Å². The average molecular weight is 261 g/mol.